The normalized spacial score (nSPS) is 15.7. The van der Waals surface area contributed by atoms with Gasteiger partial charge in [-0.05, 0) is 88.2 Å². The lowest BCUT2D eigenvalue weighted by Gasteiger charge is -2.30. The molecule has 46 heavy (non-hydrogen) atoms. The number of anilines is 1. The van der Waals surface area contributed by atoms with E-state index in [9.17, 15) is 0 Å². The van der Waals surface area contributed by atoms with Crippen molar-refractivity contribution in [3.05, 3.63) is 173 Å². The molecule has 1 aliphatic rings. The lowest BCUT2D eigenvalue weighted by atomic mass is 9.74. The van der Waals surface area contributed by atoms with E-state index >= 15 is 0 Å². The minimum Gasteiger partial charge on any atom is -0.344 e. The van der Waals surface area contributed by atoms with E-state index in [0.717, 1.165) is 25.0 Å². The summed E-state index contributed by atoms with van der Waals surface area (Å²) in [6, 6.07) is 37.4. The lowest BCUT2D eigenvalue weighted by molar-refractivity contribution is 0.629. The summed E-state index contributed by atoms with van der Waals surface area (Å²) in [7, 11) is 0. The Kier molecular flexibility index (Phi) is 8.62. The van der Waals surface area contributed by atoms with Crippen molar-refractivity contribution in [1.29, 1.82) is 0 Å². The van der Waals surface area contributed by atoms with Gasteiger partial charge in [0, 0.05) is 28.8 Å². The van der Waals surface area contributed by atoms with E-state index < -0.39 is 0 Å². The van der Waals surface area contributed by atoms with Crippen molar-refractivity contribution in [2.75, 3.05) is 11.4 Å². The van der Waals surface area contributed by atoms with Gasteiger partial charge in [0.25, 0.3) is 0 Å². The maximum atomic E-state index is 4.57. The average molecular weight is 602 g/mol. The van der Waals surface area contributed by atoms with Crippen LogP contribution in [0, 0.1) is 6.92 Å². The first kappa shape index (κ1) is 31.4. The number of rotatable bonds is 9. The average Bonchev–Trinajstić information content (AvgIpc) is 3.28. The maximum Gasteiger partial charge on any atom is 0.0457 e. The van der Waals surface area contributed by atoms with Crippen molar-refractivity contribution in [1.82, 2.24) is 0 Å². The molecular weight excluding hydrogens is 555 g/mol. The van der Waals surface area contributed by atoms with E-state index in [2.05, 4.69) is 180 Å². The van der Waals surface area contributed by atoms with Gasteiger partial charge in [-0.3, -0.25) is 0 Å². The standard InChI is InChI=1S/C45H47N/c1-32(23-26-34(3)44(4,5)42-33(2)25-27-36-19-11-13-21-38(36)42)24-30-41-45(6,7)43-39-22-14-12-20-37(39)28-29-40(43)46(41)31-15-18-35-16-9-8-10-17-35/h8-14,16-17,19-30H,3,15,18,31H2,1-2,4-7H3/b26-23+,32-24+,41-30+. The molecule has 0 aliphatic carbocycles. The molecule has 0 radical (unpaired) electrons. The van der Waals surface area contributed by atoms with Gasteiger partial charge in [0.2, 0.25) is 0 Å². The molecular formula is C45H47N. The molecule has 0 spiro atoms. The van der Waals surface area contributed by atoms with Gasteiger partial charge in [0.15, 0.2) is 0 Å². The fourth-order valence-corrected chi connectivity index (χ4v) is 7.44. The molecule has 0 N–H and O–H groups in total. The Bertz CT molecular complexity index is 2000. The van der Waals surface area contributed by atoms with Crippen LogP contribution in [0.15, 0.2) is 151 Å². The van der Waals surface area contributed by atoms with E-state index in [4.69, 9.17) is 0 Å². The van der Waals surface area contributed by atoms with Crippen molar-refractivity contribution < 1.29 is 0 Å². The van der Waals surface area contributed by atoms with E-state index in [-0.39, 0.29) is 10.8 Å². The molecule has 6 rings (SSSR count). The molecule has 1 nitrogen and oxygen atoms in total. The van der Waals surface area contributed by atoms with E-state index in [1.54, 1.807) is 0 Å². The predicted molar refractivity (Wildman–Crippen MR) is 201 cm³/mol. The molecule has 0 saturated carbocycles. The molecule has 0 fully saturated rings. The molecule has 0 unspecified atom stereocenters. The van der Waals surface area contributed by atoms with Gasteiger partial charge in [-0.25, -0.2) is 0 Å². The van der Waals surface area contributed by atoms with Gasteiger partial charge < -0.3 is 4.90 Å². The zero-order valence-electron chi connectivity index (χ0n) is 28.4. The molecule has 0 bridgehead atoms. The van der Waals surface area contributed by atoms with Crippen LogP contribution in [-0.4, -0.2) is 6.54 Å². The first-order chi connectivity index (χ1) is 22.1. The molecule has 0 amide bonds. The van der Waals surface area contributed by atoms with Crippen molar-refractivity contribution in [3.63, 3.8) is 0 Å². The molecule has 0 atom stereocenters. The summed E-state index contributed by atoms with van der Waals surface area (Å²) in [5.41, 5.74) is 10.2. The van der Waals surface area contributed by atoms with Crippen LogP contribution in [-0.2, 0) is 17.3 Å². The fraction of sp³-hybridized carbons (Fsp3) is 0.244. The first-order valence-corrected chi connectivity index (χ1v) is 16.7. The van der Waals surface area contributed by atoms with Crippen LogP contribution < -0.4 is 4.90 Å². The third kappa shape index (κ3) is 5.87. The van der Waals surface area contributed by atoms with Crippen molar-refractivity contribution in [2.24, 2.45) is 0 Å². The van der Waals surface area contributed by atoms with Gasteiger partial charge in [0.05, 0.1) is 0 Å². The van der Waals surface area contributed by atoms with Gasteiger partial charge >= 0.3 is 0 Å². The van der Waals surface area contributed by atoms with Crippen LogP contribution in [0.1, 0.15) is 63.3 Å². The highest BCUT2D eigenvalue weighted by atomic mass is 15.2. The third-order valence-electron chi connectivity index (χ3n) is 10.1. The Morgan fingerprint density at radius 2 is 1.41 bits per heavy atom. The van der Waals surface area contributed by atoms with Gasteiger partial charge in [-0.15, -0.1) is 0 Å². The summed E-state index contributed by atoms with van der Waals surface area (Å²) in [5, 5.41) is 5.24. The monoisotopic (exact) mass is 601 g/mol. The summed E-state index contributed by atoms with van der Waals surface area (Å²) in [5.74, 6) is 0. The van der Waals surface area contributed by atoms with E-state index in [0.29, 0.717) is 0 Å². The smallest absolute Gasteiger partial charge is 0.0457 e. The summed E-state index contributed by atoms with van der Waals surface area (Å²) in [6.45, 7) is 19.3. The minimum absolute atomic E-state index is 0.124. The summed E-state index contributed by atoms with van der Waals surface area (Å²) >= 11 is 0. The fourth-order valence-electron chi connectivity index (χ4n) is 7.44. The third-order valence-corrected chi connectivity index (χ3v) is 10.1. The number of nitrogens with zero attached hydrogens (tertiary/aromatic N) is 1. The molecule has 1 heteroatoms. The van der Waals surface area contributed by atoms with Crippen LogP contribution in [0.4, 0.5) is 5.69 Å². The lowest BCUT2D eigenvalue weighted by Crippen LogP contribution is -2.27. The highest BCUT2D eigenvalue weighted by Gasteiger charge is 2.40. The topological polar surface area (TPSA) is 3.24 Å². The number of hydrogen-bond donors (Lipinski definition) is 0. The Morgan fingerprint density at radius 1 is 0.783 bits per heavy atom. The number of hydrogen-bond acceptors (Lipinski definition) is 1. The Morgan fingerprint density at radius 3 is 2.15 bits per heavy atom. The molecule has 1 aliphatic heterocycles. The Balaban J connectivity index is 1.30. The number of fused-ring (bicyclic) bond motifs is 4. The van der Waals surface area contributed by atoms with Gasteiger partial charge in [-0.2, -0.15) is 0 Å². The molecule has 5 aromatic rings. The number of allylic oxidation sites excluding steroid dienone is 7. The van der Waals surface area contributed by atoms with E-state index in [1.165, 1.54) is 60.8 Å². The maximum absolute atomic E-state index is 4.57. The second-order valence-electron chi connectivity index (χ2n) is 14.0. The summed E-state index contributed by atoms with van der Waals surface area (Å²) in [6.07, 6.45) is 11.3. The van der Waals surface area contributed by atoms with Gasteiger partial charge in [0.1, 0.15) is 0 Å². The van der Waals surface area contributed by atoms with Crippen molar-refractivity contribution in [3.8, 4) is 0 Å². The first-order valence-electron chi connectivity index (χ1n) is 16.7. The highest BCUT2D eigenvalue weighted by molar-refractivity contribution is 5.95. The molecule has 0 aromatic heterocycles. The molecule has 5 aromatic carbocycles. The molecule has 232 valence electrons. The van der Waals surface area contributed by atoms with Crippen molar-refractivity contribution in [2.45, 2.75) is 65.2 Å². The van der Waals surface area contributed by atoms with Crippen molar-refractivity contribution >= 4 is 27.2 Å². The zero-order chi connectivity index (χ0) is 32.5. The second kappa shape index (κ2) is 12.6. The largest absolute Gasteiger partial charge is 0.344 e. The SMILES string of the molecule is C=C(/C=C/C(C)=C/C=C1/N(CCCc2ccccc2)c2ccc3ccccc3c2C1(C)C)C(C)(C)c1c(C)ccc2ccccc12. The van der Waals surface area contributed by atoms with Crippen LogP contribution >= 0.6 is 0 Å². The quantitative estimate of drug-likeness (QED) is 0.152. The molecule has 1 heterocycles. The predicted octanol–water partition coefficient (Wildman–Crippen LogP) is 12.0. The Labute approximate surface area is 276 Å². The number of benzene rings is 5. The van der Waals surface area contributed by atoms with E-state index in [1.807, 2.05) is 0 Å². The van der Waals surface area contributed by atoms with Crippen LogP contribution in [0.25, 0.3) is 21.5 Å². The summed E-state index contributed by atoms with van der Waals surface area (Å²) < 4.78 is 0. The highest BCUT2D eigenvalue weighted by Crippen LogP contribution is 2.51. The number of aryl methyl sites for hydroxylation is 2. The van der Waals surface area contributed by atoms with Crippen LogP contribution in [0.3, 0.4) is 0 Å². The molecule has 0 saturated heterocycles. The van der Waals surface area contributed by atoms with Crippen LogP contribution in [0.5, 0.6) is 0 Å². The Hall–Kier alpha value is -4.62. The summed E-state index contributed by atoms with van der Waals surface area (Å²) in [4.78, 5) is 2.57. The zero-order valence-corrected chi connectivity index (χ0v) is 28.4. The minimum atomic E-state index is -0.202. The second-order valence-corrected chi connectivity index (χ2v) is 14.0. The van der Waals surface area contributed by atoms with Gasteiger partial charge in [-0.1, -0.05) is 155 Å². The van der Waals surface area contributed by atoms with Crippen LogP contribution in [0.2, 0.25) is 0 Å².